The van der Waals surface area contributed by atoms with E-state index in [2.05, 4.69) is 5.32 Å². The second kappa shape index (κ2) is 7.89. The summed E-state index contributed by atoms with van der Waals surface area (Å²) < 4.78 is 0. The van der Waals surface area contributed by atoms with Crippen LogP contribution in [0.3, 0.4) is 0 Å². The molecule has 1 fully saturated rings. The molecule has 1 aliphatic heterocycles. The van der Waals surface area contributed by atoms with Gasteiger partial charge in [0.15, 0.2) is 0 Å². The normalized spacial score (nSPS) is 16.7. The van der Waals surface area contributed by atoms with E-state index in [1.54, 1.807) is 41.3 Å². The molecule has 0 aromatic heterocycles. The first-order valence-electron chi connectivity index (χ1n) is 8.14. The Morgan fingerprint density at radius 1 is 1.08 bits per heavy atom. The van der Waals surface area contributed by atoms with Gasteiger partial charge in [0.1, 0.15) is 6.04 Å². The van der Waals surface area contributed by atoms with Gasteiger partial charge in [0.05, 0.1) is 10.6 Å². The maximum absolute atomic E-state index is 12.7. The molecule has 2 aromatic carbocycles. The third-order valence-electron chi connectivity index (χ3n) is 4.30. The molecule has 6 heteroatoms. The van der Waals surface area contributed by atoms with Crippen molar-refractivity contribution in [2.75, 3.05) is 6.54 Å². The van der Waals surface area contributed by atoms with Crippen molar-refractivity contribution in [2.45, 2.75) is 25.4 Å². The molecule has 1 aliphatic rings. The molecule has 1 unspecified atom stereocenters. The molecule has 0 spiro atoms. The van der Waals surface area contributed by atoms with Gasteiger partial charge in [-0.2, -0.15) is 0 Å². The zero-order valence-corrected chi connectivity index (χ0v) is 15.1. The third kappa shape index (κ3) is 4.14. The summed E-state index contributed by atoms with van der Waals surface area (Å²) >= 11 is 12.0. The maximum Gasteiger partial charge on any atom is 0.256 e. The maximum atomic E-state index is 12.7. The second-order valence-electron chi connectivity index (χ2n) is 5.98. The van der Waals surface area contributed by atoms with Gasteiger partial charge in [0, 0.05) is 18.1 Å². The van der Waals surface area contributed by atoms with Crippen LogP contribution in [0.2, 0.25) is 10.0 Å². The van der Waals surface area contributed by atoms with E-state index in [4.69, 9.17) is 23.2 Å². The first-order chi connectivity index (χ1) is 12.1. The van der Waals surface area contributed by atoms with E-state index in [9.17, 15) is 9.59 Å². The van der Waals surface area contributed by atoms with Gasteiger partial charge in [-0.25, -0.2) is 0 Å². The lowest BCUT2D eigenvalue weighted by atomic mass is 10.1. The van der Waals surface area contributed by atoms with Gasteiger partial charge < -0.3 is 10.2 Å². The summed E-state index contributed by atoms with van der Waals surface area (Å²) in [7, 11) is 0. The van der Waals surface area contributed by atoms with Gasteiger partial charge in [-0.15, -0.1) is 0 Å². The van der Waals surface area contributed by atoms with Gasteiger partial charge in [-0.1, -0.05) is 47.5 Å². The number of hydrogen-bond donors (Lipinski definition) is 1. The van der Waals surface area contributed by atoms with Crippen molar-refractivity contribution >= 4 is 35.0 Å². The van der Waals surface area contributed by atoms with Crippen LogP contribution in [-0.2, 0) is 11.3 Å². The van der Waals surface area contributed by atoms with E-state index in [1.807, 2.05) is 12.1 Å². The molecular weight excluding hydrogens is 359 g/mol. The van der Waals surface area contributed by atoms with Gasteiger partial charge in [-0.3, -0.25) is 9.59 Å². The Morgan fingerprint density at radius 2 is 1.80 bits per heavy atom. The summed E-state index contributed by atoms with van der Waals surface area (Å²) in [5.41, 5.74) is 1.39. The van der Waals surface area contributed by atoms with E-state index in [-0.39, 0.29) is 11.8 Å². The number of amides is 2. The fourth-order valence-corrected chi connectivity index (χ4v) is 3.32. The molecule has 25 heavy (non-hydrogen) atoms. The van der Waals surface area contributed by atoms with Gasteiger partial charge >= 0.3 is 0 Å². The van der Waals surface area contributed by atoms with Crippen LogP contribution in [-0.4, -0.2) is 29.3 Å². The lowest BCUT2D eigenvalue weighted by Crippen LogP contribution is -2.45. The first-order valence-corrected chi connectivity index (χ1v) is 8.89. The smallest absolute Gasteiger partial charge is 0.256 e. The number of nitrogens with one attached hydrogen (secondary N) is 1. The van der Waals surface area contributed by atoms with Crippen LogP contribution in [0.1, 0.15) is 28.8 Å². The zero-order valence-electron chi connectivity index (χ0n) is 13.5. The van der Waals surface area contributed by atoms with Crippen LogP contribution in [0, 0.1) is 0 Å². The molecule has 3 rings (SSSR count). The monoisotopic (exact) mass is 376 g/mol. The van der Waals surface area contributed by atoms with Crippen molar-refractivity contribution in [3.8, 4) is 0 Å². The van der Waals surface area contributed by atoms with E-state index < -0.39 is 6.04 Å². The Morgan fingerprint density at radius 3 is 2.52 bits per heavy atom. The molecular formula is C19H18Cl2N2O2. The van der Waals surface area contributed by atoms with Crippen molar-refractivity contribution in [3.05, 3.63) is 69.7 Å². The molecule has 2 amide bonds. The predicted molar refractivity (Wildman–Crippen MR) is 98.8 cm³/mol. The van der Waals surface area contributed by atoms with Crippen molar-refractivity contribution in [1.82, 2.24) is 10.2 Å². The minimum absolute atomic E-state index is 0.146. The van der Waals surface area contributed by atoms with Gasteiger partial charge in [-0.05, 0) is 42.7 Å². The third-order valence-corrected chi connectivity index (χ3v) is 4.88. The Labute approximate surface area is 156 Å². The van der Waals surface area contributed by atoms with Crippen LogP contribution < -0.4 is 5.32 Å². The molecule has 2 aromatic rings. The molecule has 0 bridgehead atoms. The number of carbonyl (C=O) groups is 2. The number of nitrogens with zero attached hydrogens (tertiary/aromatic N) is 1. The molecule has 130 valence electrons. The standard InChI is InChI=1S/C19H18Cl2N2O2/c20-14-9-7-13(8-10-14)12-22-18(24)17-6-3-11-23(17)19(25)15-4-1-2-5-16(15)21/h1-2,4-5,7-10,17H,3,6,11-12H2,(H,22,24). The average Bonchev–Trinajstić information content (AvgIpc) is 3.10. The fraction of sp³-hybridized carbons (Fsp3) is 0.263. The van der Waals surface area contributed by atoms with Crippen molar-refractivity contribution < 1.29 is 9.59 Å². The van der Waals surface area contributed by atoms with Crippen LogP contribution >= 0.6 is 23.2 Å². The highest BCUT2D eigenvalue weighted by atomic mass is 35.5. The lowest BCUT2D eigenvalue weighted by molar-refractivity contribution is -0.125. The van der Waals surface area contributed by atoms with Crippen LogP contribution in [0.25, 0.3) is 0 Å². The zero-order chi connectivity index (χ0) is 17.8. The topological polar surface area (TPSA) is 49.4 Å². The van der Waals surface area contributed by atoms with E-state index >= 15 is 0 Å². The number of carbonyl (C=O) groups excluding carboxylic acids is 2. The second-order valence-corrected chi connectivity index (χ2v) is 6.82. The summed E-state index contributed by atoms with van der Waals surface area (Å²) in [5.74, 6) is -0.345. The van der Waals surface area contributed by atoms with Gasteiger partial charge in [0.25, 0.3) is 5.91 Å². The quantitative estimate of drug-likeness (QED) is 0.878. The minimum Gasteiger partial charge on any atom is -0.350 e. The summed E-state index contributed by atoms with van der Waals surface area (Å²) in [4.78, 5) is 26.9. The van der Waals surface area contributed by atoms with E-state index in [0.29, 0.717) is 35.1 Å². The average molecular weight is 377 g/mol. The highest BCUT2D eigenvalue weighted by Crippen LogP contribution is 2.24. The number of benzene rings is 2. The summed E-state index contributed by atoms with van der Waals surface area (Å²) in [6.07, 6.45) is 1.46. The first kappa shape index (κ1) is 17.8. The molecule has 0 saturated carbocycles. The largest absolute Gasteiger partial charge is 0.350 e. The Hall–Kier alpha value is -2.04. The number of hydrogen-bond acceptors (Lipinski definition) is 2. The van der Waals surface area contributed by atoms with Crippen LogP contribution in [0.4, 0.5) is 0 Å². The minimum atomic E-state index is -0.462. The lowest BCUT2D eigenvalue weighted by Gasteiger charge is -2.24. The van der Waals surface area contributed by atoms with Crippen molar-refractivity contribution in [1.29, 1.82) is 0 Å². The highest BCUT2D eigenvalue weighted by molar-refractivity contribution is 6.33. The summed E-state index contributed by atoms with van der Waals surface area (Å²) in [6, 6.07) is 13.7. The summed E-state index contributed by atoms with van der Waals surface area (Å²) in [5, 5.41) is 3.96. The summed E-state index contributed by atoms with van der Waals surface area (Å²) in [6.45, 7) is 0.962. The van der Waals surface area contributed by atoms with E-state index in [0.717, 1.165) is 12.0 Å². The molecule has 1 heterocycles. The molecule has 1 saturated heterocycles. The molecule has 0 aliphatic carbocycles. The Bertz CT molecular complexity index is 777. The number of halogens is 2. The van der Waals surface area contributed by atoms with Crippen molar-refractivity contribution in [3.63, 3.8) is 0 Å². The van der Waals surface area contributed by atoms with Crippen molar-refractivity contribution in [2.24, 2.45) is 0 Å². The highest BCUT2D eigenvalue weighted by Gasteiger charge is 2.34. The SMILES string of the molecule is O=C(NCc1ccc(Cl)cc1)C1CCCN1C(=O)c1ccccc1Cl. The van der Waals surface area contributed by atoms with E-state index in [1.165, 1.54) is 0 Å². The Balaban J connectivity index is 1.66. The van der Waals surface area contributed by atoms with Crippen LogP contribution in [0.5, 0.6) is 0 Å². The Kier molecular flexibility index (Phi) is 5.61. The molecule has 0 radical (unpaired) electrons. The number of rotatable bonds is 4. The fourth-order valence-electron chi connectivity index (χ4n) is 2.98. The molecule has 1 atom stereocenters. The number of likely N-dealkylation sites (tertiary alicyclic amines) is 1. The van der Waals surface area contributed by atoms with Gasteiger partial charge in [0.2, 0.25) is 5.91 Å². The van der Waals surface area contributed by atoms with Crippen LogP contribution in [0.15, 0.2) is 48.5 Å². The molecule has 1 N–H and O–H groups in total. The predicted octanol–water partition coefficient (Wildman–Crippen LogP) is 3.91. The molecule has 4 nitrogen and oxygen atoms in total.